The van der Waals surface area contributed by atoms with E-state index in [1.54, 1.807) is 37.7 Å². The highest BCUT2D eigenvalue weighted by Crippen LogP contribution is 2.41. The molecule has 0 atom stereocenters. The summed E-state index contributed by atoms with van der Waals surface area (Å²) in [4.78, 5) is 12.3. The Bertz CT molecular complexity index is 762. The van der Waals surface area contributed by atoms with Crippen LogP contribution in [0.3, 0.4) is 0 Å². The van der Waals surface area contributed by atoms with Crippen molar-refractivity contribution >= 4 is 23.3 Å². The third-order valence-corrected chi connectivity index (χ3v) is 5.81. The summed E-state index contributed by atoms with van der Waals surface area (Å²) in [5, 5.41) is 7.44. The Hall–Kier alpha value is -2.27. The molecule has 3 rings (SSSR count). The van der Waals surface area contributed by atoms with Gasteiger partial charge in [-0.1, -0.05) is 18.9 Å². The van der Waals surface area contributed by atoms with Crippen molar-refractivity contribution in [3.05, 3.63) is 52.2 Å². The Labute approximate surface area is 158 Å². The van der Waals surface area contributed by atoms with Crippen LogP contribution in [-0.4, -0.2) is 26.7 Å². The van der Waals surface area contributed by atoms with E-state index in [1.165, 1.54) is 18.4 Å². The molecule has 1 heterocycles. The standard InChI is InChI=1S/C21H25NO3S/c1-24-18-7-5-16(13-19(18)25-2)6-8-20(23)22-15-21(10-3-4-11-21)17-9-12-26-14-17/h5-9,12-14H,3-4,10-11,15H2,1-2H3,(H,22,23)/b8-6+. The first-order chi connectivity index (χ1) is 12.7. The zero-order chi connectivity index (χ0) is 18.4. The largest absolute Gasteiger partial charge is 0.493 e. The van der Waals surface area contributed by atoms with Gasteiger partial charge in [0, 0.05) is 18.0 Å². The van der Waals surface area contributed by atoms with Crippen LogP contribution in [0.2, 0.25) is 0 Å². The number of benzene rings is 1. The van der Waals surface area contributed by atoms with Gasteiger partial charge in [0.1, 0.15) is 0 Å². The van der Waals surface area contributed by atoms with Crippen LogP contribution >= 0.6 is 11.3 Å². The van der Waals surface area contributed by atoms with E-state index < -0.39 is 0 Å². The molecular formula is C21H25NO3S. The average Bonchev–Trinajstić information content (AvgIpc) is 3.36. The van der Waals surface area contributed by atoms with E-state index in [0.29, 0.717) is 18.0 Å². The Kier molecular flexibility index (Phi) is 5.99. The molecule has 1 aromatic carbocycles. The van der Waals surface area contributed by atoms with E-state index in [9.17, 15) is 4.79 Å². The number of hydrogen-bond donors (Lipinski definition) is 1. The van der Waals surface area contributed by atoms with Crippen LogP contribution in [0.4, 0.5) is 0 Å². The second-order valence-corrected chi connectivity index (χ2v) is 7.45. The van der Waals surface area contributed by atoms with Crippen molar-refractivity contribution in [1.82, 2.24) is 5.32 Å². The summed E-state index contributed by atoms with van der Waals surface area (Å²) in [6.07, 6.45) is 8.12. The Morgan fingerprint density at radius 2 is 1.96 bits per heavy atom. The summed E-state index contributed by atoms with van der Waals surface area (Å²) < 4.78 is 10.5. The van der Waals surface area contributed by atoms with Gasteiger partial charge in [-0.15, -0.1) is 0 Å². The molecule has 0 radical (unpaired) electrons. The molecule has 4 nitrogen and oxygen atoms in total. The summed E-state index contributed by atoms with van der Waals surface area (Å²) in [6.45, 7) is 0.693. The molecule has 138 valence electrons. The van der Waals surface area contributed by atoms with Gasteiger partial charge in [-0.3, -0.25) is 4.79 Å². The predicted octanol–water partition coefficient (Wildman–Crippen LogP) is 4.41. The van der Waals surface area contributed by atoms with Gasteiger partial charge in [0.15, 0.2) is 11.5 Å². The Morgan fingerprint density at radius 3 is 2.62 bits per heavy atom. The summed E-state index contributed by atoms with van der Waals surface area (Å²) in [5.41, 5.74) is 2.36. The molecule has 0 aliphatic heterocycles. The smallest absolute Gasteiger partial charge is 0.244 e. The molecule has 0 saturated heterocycles. The highest BCUT2D eigenvalue weighted by Gasteiger charge is 2.35. The lowest BCUT2D eigenvalue weighted by molar-refractivity contribution is -0.116. The van der Waals surface area contributed by atoms with Crippen molar-refractivity contribution in [3.63, 3.8) is 0 Å². The third-order valence-electron chi connectivity index (χ3n) is 5.13. The molecule has 0 unspecified atom stereocenters. The van der Waals surface area contributed by atoms with Crippen LogP contribution in [-0.2, 0) is 10.2 Å². The molecule has 0 bridgehead atoms. The van der Waals surface area contributed by atoms with Crippen LogP contribution in [0, 0.1) is 0 Å². The van der Waals surface area contributed by atoms with E-state index in [-0.39, 0.29) is 11.3 Å². The van der Waals surface area contributed by atoms with E-state index in [0.717, 1.165) is 18.4 Å². The Morgan fingerprint density at radius 1 is 1.19 bits per heavy atom. The quantitative estimate of drug-likeness (QED) is 0.734. The molecule has 1 aliphatic carbocycles. The first kappa shape index (κ1) is 18.5. The fourth-order valence-electron chi connectivity index (χ4n) is 3.63. The van der Waals surface area contributed by atoms with E-state index in [1.807, 2.05) is 18.2 Å². The summed E-state index contributed by atoms with van der Waals surface area (Å²) in [5.74, 6) is 1.26. The van der Waals surface area contributed by atoms with Crippen LogP contribution < -0.4 is 14.8 Å². The van der Waals surface area contributed by atoms with Gasteiger partial charge < -0.3 is 14.8 Å². The van der Waals surface area contributed by atoms with Gasteiger partial charge in [-0.25, -0.2) is 0 Å². The molecule has 1 aromatic heterocycles. The van der Waals surface area contributed by atoms with Crippen molar-refractivity contribution in [2.24, 2.45) is 0 Å². The number of nitrogens with one attached hydrogen (secondary N) is 1. The number of rotatable bonds is 7. The topological polar surface area (TPSA) is 47.6 Å². The minimum Gasteiger partial charge on any atom is -0.493 e. The lowest BCUT2D eigenvalue weighted by atomic mass is 9.80. The molecule has 1 aliphatic rings. The van der Waals surface area contributed by atoms with Crippen LogP contribution in [0.1, 0.15) is 36.8 Å². The predicted molar refractivity (Wildman–Crippen MR) is 106 cm³/mol. The maximum atomic E-state index is 12.3. The lowest BCUT2D eigenvalue weighted by Crippen LogP contribution is -2.38. The fraction of sp³-hybridized carbons (Fsp3) is 0.381. The van der Waals surface area contributed by atoms with Crippen molar-refractivity contribution in [3.8, 4) is 11.5 Å². The van der Waals surface area contributed by atoms with Crippen LogP contribution in [0.25, 0.3) is 6.08 Å². The third kappa shape index (κ3) is 4.10. The highest BCUT2D eigenvalue weighted by molar-refractivity contribution is 7.08. The lowest BCUT2D eigenvalue weighted by Gasteiger charge is -2.28. The normalized spacial score (nSPS) is 15.9. The maximum absolute atomic E-state index is 12.3. The molecule has 2 aromatic rings. The number of ether oxygens (including phenoxy) is 2. The monoisotopic (exact) mass is 371 g/mol. The number of amides is 1. The first-order valence-electron chi connectivity index (χ1n) is 8.87. The summed E-state index contributed by atoms with van der Waals surface area (Å²) >= 11 is 1.72. The van der Waals surface area contributed by atoms with Gasteiger partial charge in [0.05, 0.1) is 14.2 Å². The van der Waals surface area contributed by atoms with Crippen molar-refractivity contribution in [2.45, 2.75) is 31.1 Å². The Balaban J connectivity index is 1.63. The molecular weight excluding hydrogens is 346 g/mol. The van der Waals surface area contributed by atoms with E-state index >= 15 is 0 Å². The van der Waals surface area contributed by atoms with Gasteiger partial charge in [0.2, 0.25) is 5.91 Å². The van der Waals surface area contributed by atoms with Crippen molar-refractivity contribution in [2.75, 3.05) is 20.8 Å². The van der Waals surface area contributed by atoms with Gasteiger partial charge in [-0.2, -0.15) is 11.3 Å². The van der Waals surface area contributed by atoms with Gasteiger partial charge in [-0.05, 0) is 59.0 Å². The average molecular weight is 372 g/mol. The number of carbonyl (C=O) groups excluding carboxylic acids is 1. The molecule has 1 amide bonds. The molecule has 5 heteroatoms. The zero-order valence-electron chi connectivity index (χ0n) is 15.3. The van der Waals surface area contributed by atoms with Crippen LogP contribution in [0.15, 0.2) is 41.1 Å². The number of methoxy groups -OCH3 is 2. The molecule has 1 saturated carbocycles. The van der Waals surface area contributed by atoms with Gasteiger partial charge in [0.25, 0.3) is 0 Å². The van der Waals surface area contributed by atoms with Crippen molar-refractivity contribution < 1.29 is 14.3 Å². The molecule has 1 N–H and O–H groups in total. The minimum absolute atomic E-state index is 0.0683. The van der Waals surface area contributed by atoms with E-state index in [2.05, 4.69) is 22.1 Å². The fourth-order valence-corrected chi connectivity index (χ4v) is 4.41. The minimum atomic E-state index is -0.0683. The molecule has 26 heavy (non-hydrogen) atoms. The molecule has 1 fully saturated rings. The van der Waals surface area contributed by atoms with Gasteiger partial charge >= 0.3 is 0 Å². The highest BCUT2D eigenvalue weighted by atomic mass is 32.1. The first-order valence-corrected chi connectivity index (χ1v) is 9.82. The zero-order valence-corrected chi connectivity index (χ0v) is 16.1. The SMILES string of the molecule is COc1ccc(/C=C/C(=O)NCC2(c3ccsc3)CCCC2)cc1OC. The summed E-state index contributed by atoms with van der Waals surface area (Å²) in [6, 6.07) is 7.78. The summed E-state index contributed by atoms with van der Waals surface area (Å²) in [7, 11) is 3.21. The van der Waals surface area contributed by atoms with E-state index in [4.69, 9.17) is 9.47 Å². The molecule has 0 spiro atoms. The van der Waals surface area contributed by atoms with Crippen molar-refractivity contribution in [1.29, 1.82) is 0 Å². The number of hydrogen-bond acceptors (Lipinski definition) is 4. The maximum Gasteiger partial charge on any atom is 0.244 e. The second-order valence-electron chi connectivity index (χ2n) is 6.67. The second kappa shape index (κ2) is 8.41. The van der Waals surface area contributed by atoms with Crippen LogP contribution in [0.5, 0.6) is 11.5 Å². The number of thiophene rings is 1. The number of carbonyl (C=O) groups is 1.